The molecule has 0 aromatic heterocycles. The Morgan fingerprint density at radius 2 is 1.94 bits per heavy atom. The monoisotopic (exact) mass is 478 g/mol. The van der Waals surface area contributed by atoms with Gasteiger partial charge < -0.3 is 41.2 Å². The van der Waals surface area contributed by atoms with Crippen LogP contribution in [0.1, 0.15) is 25.3 Å². The van der Waals surface area contributed by atoms with Crippen LogP contribution in [0.25, 0.3) is 0 Å². The average molecular weight is 479 g/mol. The van der Waals surface area contributed by atoms with Gasteiger partial charge in [-0.2, -0.15) is 0 Å². The zero-order valence-corrected chi connectivity index (χ0v) is 18.9. The molecule has 1 atom stereocenters. The topological polar surface area (TPSA) is 187 Å². The highest BCUT2D eigenvalue weighted by atomic mass is 16.5. The molecule has 1 fully saturated rings. The molecule has 6 N–H and O–H groups in total. The van der Waals surface area contributed by atoms with Crippen LogP contribution in [-0.2, 0) is 19.1 Å². The van der Waals surface area contributed by atoms with E-state index in [1.807, 2.05) is 11.8 Å². The molecule has 1 aliphatic rings. The summed E-state index contributed by atoms with van der Waals surface area (Å²) in [5.41, 5.74) is 6.86. The first-order chi connectivity index (χ1) is 16.2. The van der Waals surface area contributed by atoms with Gasteiger partial charge in [-0.05, 0) is 30.7 Å². The third-order valence-corrected chi connectivity index (χ3v) is 5.11. The van der Waals surface area contributed by atoms with Gasteiger partial charge in [-0.15, -0.1) is 0 Å². The number of carboxylic acids is 1. The zero-order valence-electron chi connectivity index (χ0n) is 18.9. The number of carbonyl (C=O) groups is 4. The second-order valence-electron chi connectivity index (χ2n) is 7.60. The molecule has 186 valence electrons. The van der Waals surface area contributed by atoms with Crippen LogP contribution in [0.15, 0.2) is 29.4 Å². The van der Waals surface area contributed by atoms with Crippen molar-refractivity contribution in [3.63, 3.8) is 0 Å². The first-order valence-corrected chi connectivity index (χ1v) is 10.8. The van der Waals surface area contributed by atoms with E-state index >= 15 is 0 Å². The van der Waals surface area contributed by atoms with Gasteiger partial charge in [0.1, 0.15) is 6.04 Å². The molecular weight excluding hydrogens is 448 g/mol. The molecule has 13 heteroatoms. The molecule has 1 aromatic rings. The number of amides is 3. The fraction of sp³-hybridized carbons (Fsp3) is 0.476. The fourth-order valence-electron chi connectivity index (χ4n) is 3.14. The summed E-state index contributed by atoms with van der Waals surface area (Å²) in [4.78, 5) is 51.0. The van der Waals surface area contributed by atoms with E-state index in [1.54, 1.807) is 24.3 Å². The van der Waals surface area contributed by atoms with Crippen molar-refractivity contribution in [2.24, 2.45) is 10.9 Å². The van der Waals surface area contributed by atoms with Crippen LogP contribution in [-0.4, -0.2) is 90.3 Å². The number of alkyl carbamates (subject to hydrolysis) is 1. The SMILES string of the molecule is CCCCOC(=O)N[C@@H](CNC(=O)CN1CCN(c2ccc(C(N)=NO)cc2)CC1=O)C(=O)O. The number of hydrogen-bond donors (Lipinski definition) is 5. The van der Waals surface area contributed by atoms with Gasteiger partial charge in [0.05, 0.1) is 19.7 Å². The fourth-order valence-corrected chi connectivity index (χ4v) is 3.14. The Kier molecular flexibility index (Phi) is 9.92. The summed E-state index contributed by atoms with van der Waals surface area (Å²) in [6.07, 6.45) is 0.600. The minimum Gasteiger partial charge on any atom is -0.480 e. The Hall–Kier alpha value is -4.03. The first-order valence-electron chi connectivity index (χ1n) is 10.8. The van der Waals surface area contributed by atoms with Crippen molar-refractivity contribution in [2.75, 3.05) is 44.2 Å². The number of amidine groups is 1. The molecule has 0 radical (unpaired) electrons. The van der Waals surface area contributed by atoms with Crippen LogP contribution in [0.2, 0.25) is 0 Å². The largest absolute Gasteiger partial charge is 0.480 e. The first kappa shape index (κ1) is 26.2. The second-order valence-corrected chi connectivity index (χ2v) is 7.60. The second kappa shape index (κ2) is 12.9. The number of nitrogens with one attached hydrogen (secondary N) is 2. The molecule has 34 heavy (non-hydrogen) atoms. The number of ether oxygens (including phenoxy) is 1. The third kappa shape index (κ3) is 7.83. The van der Waals surface area contributed by atoms with Crippen molar-refractivity contribution in [3.05, 3.63) is 29.8 Å². The lowest BCUT2D eigenvalue weighted by molar-refractivity contribution is -0.140. The summed E-state index contributed by atoms with van der Waals surface area (Å²) in [5.74, 6) is -2.16. The smallest absolute Gasteiger partial charge is 0.407 e. The number of benzene rings is 1. The summed E-state index contributed by atoms with van der Waals surface area (Å²) >= 11 is 0. The highest BCUT2D eigenvalue weighted by Crippen LogP contribution is 2.18. The number of unbranched alkanes of at least 4 members (excludes halogenated alkanes) is 1. The van der Waals surface area contributed by atoms with Crippen LogP contribution in [0.4, 0.5) is 10.5 Å². The van der Waals surface area contributed by atoms with Crippen LogP contribution in [0, 0.1) is 0 Å². The molecule has 0 aliphatic carbocycles. The summed E-state index contributed by atoms with van der Waals surface area (Å²) < 4.78 is 4.87. The van der Waals surface area contributed by atoms with Gasteiger partial charge in [0, 0.05) is 30.9 Å². The van der Waals surface area contributed by atoms with Crippen LogP contribution in [0.5, 0.6) is 0 Å². The van der Waals surface area contributed by atoms with Crippen LogP contribution in [0.3, 0.4) is 0 Å². The van der Waals surface area contributed by atoms with Crippen LogP contribution < -0.4 is 21.3 Å². The Labute approximate surface area is 196 Å². The standard InChI is InChI=1S/C21H30N6O7/c1-2-3-10-34-21(32)24-16(20(30)31)11-23-17(28)12-27-9-8-26(13-18(27)29)15-6-4-14(5-7-15)19(22)25-33/h4-7,16,33H,2-3,8-13H2,1H3,(H2,22,25)(H,23,28)(H,24,32)(H,30,31)/t16-/m0/s1. The lowest BCUT2D eigenvalue weighted by Crippen LogP contribution is -2.54. The maximum absolute atomic E-state index is 12.5. The summed E-state index contributed by atoms with van der Waals surface area (Å²) in [5, 5.41) is 25.5. The number of carboxylic acid groups (broad SMARTS) is 1. The van der Waals surface area contributed by atoms with Crippen LogP contribution >= 0.6 is 0 Å². The van der Waals surface area contributed by atoms with E-state index in [0.29, 0.717) is 25.1 Å². The molecule has 0 saturated carbocycles. The highest BCUT2D eigenvalue weighted by Gasteiger charge is 2.27. The number of rotatable bonds is 11. The van der Waals surface area contributed by atoms with Gasteiger partial charge in [-0.1, -0.05) is 18.5 Å². The Morgan fingerprint density at radius 1 is 1.24 bits per heavy atom. The minimum atomic E-state index is -1.36. The van der Waals surface area contributed by atoms with E-state index in [1.165, 1.54) is 4.90 Å². The minimum absolute atomic E-state index is 0.0211. The number of oxime groups is 1. The predicted octanol–water partition coefficient (Wildman–Crippen LogP) is -0.475. The maximum Gasteiger partial charge on any atom is 0.407 e. The van der Waals surface area contributed by atoms with Gasteiger partial charge >= 0.3 is 12.1 Å². The average Bonchev–Trinajstić information content (AvgIpc) is 2.82. The molecular formula is C21H30N6O7. The maximum atomic E-state index is 12.5. The van der Waals surface area contributed by atoms with E-state index in [9.17, 15) is 24.3 Å². The van der Waals surface area contributed by atoms with Gasteiger partial charge in [0.25, 0.3) is 0 Å². The van der Waals surface area contributed by atoms with E-state index < -0.39 is 24.0 Å². The van der Waals surface area contributed by atoms with Crippen molar-refractivity contribution in [1.29, 1.82) is 0 Å². The summed E-state index contributed by atoms with van der Waals surface area (Å²) in [6.45, 7) is 2.33. The number of anilines is 1. The van der Waals surface area contributed by atoms with Crippen molar-refractivity contribution in [1.82, 2.24) is 15.5 Å². The molecule has 1 heterocycles. The van der Waals surface area contributed by atoms with Gasteiger partial charge in [-0.3, -0.25) is 9.59 Å². The molecule has 1 saturated heterocycles. The van der Waals surface area contributed by atoms with Gasteiger partial charge in [-0.25, -0.2) is 9.59 Å². The van der Waals surface area contributed by atoms with Crippen molar-refractivity contribution in [2.45, 2.75) is 25.8 Å². The van der Waals surface area contributed by atoms with E-state index in [-0.39, 0.29) is 38.0 Å². The lowest BCUT2D eigenvalue weighted by atomic mass is 10.1. The quantitative estimate of drug-likeness (QED) is 0.0920. The molecule has 0 unspecified atom stereocenters. The molecule has 3 amide bonds. The van der Waals surface area contributed by atoms with Crippen molar-refractivity contribution < 1.29 is 34.2 Å². The Balaban J connectivity index is 1.81. The number of hydrogen-bond acceptors (Lipinski definition) is 8. The summed E-state index contributed by atoms with van der Waals surface area (Å²) in [7, 11) is 0. The number of piperazine rings is 1. The molecule has 2 rings (SSSR count). The third-order valence-electron chi connectivity index (χ3n) is 5.11. The number of aliphatic carboxylic acids is 1. The summed E-state index contributed by atoms with van der Waals surface area (Å²) in [6, 6.07) is 5.46. The van der Waals surface area contributed by atoms with E-state index in [0.717, 1.165) is 12.1 Å². The van der Waals surface area contributed by atoms with Crippen molar-refractivity contribution in [3.8, 4) is 0 Å². The van der Waals surface area contributed by atoms with E-state index in [2.05, 4.69) is 15.8 Å². The molecule has 0 bridgehead atoms. The number of nitrogens with two attached hydrogens (primary N) is 1. The van der Waals surface area contributed by atoms with Gasteiger partial charge in [0.15, 0.2) is 5.84 Å². The Morgan fingerprint density at radius 3 is 2.53 bits per heavy atom. The predicted molar refractivity (Wildman–Crippen MR) is 122 cm³/mol. The highest BCUT2D eigenvalue weighted by molar-refractivity contribution is 5.97. The molecule has 13 nitrogen and oxygen atoms in total. The molecule has 0 spiro atoms. The Bertz CT molecular complexity index is 905. The van der Waals surface area contributed by atoms with Gasteiger partial charge in [0.2, 0.25) is 11.8 Å². The normalized spacial score (nSPS) is 15.0. The van der Waals surface area contributed by atoms with Crippen molar-refractivity contribution >= 4 is 35.4 Å². The zero-order chi connectivity index (χ0) is 25.1. The number of nitrogens with zero attached hydrogens (tertiary/aromatic N) is 3. The lowest BCUT2D eigenvalue weighted by Gasteiger charge is -2.35. The number of carbonyl (C=O) groups excluding carboxylic acids is 3. The van der Waals surface area contributed by atoms with E-state index in [4.69, 9.17) is 15.7 Å². The molecule has 1 aromatic carbocycles. The molecule has 1 aliphatic heterocycles.